The zero-order valence-corrected chi connectivity index (χ0v) is 12.2. The van der Waals surface area contributed by atoms with E-state index in [4.69, 9.17) is 10.9 Å². The molecule has 2 rings (SSSR count). The van der Waals surface area contributed by atoms with E-state index >= 15 is 0 Å². The van der Waals surface area contributed by atoms with Crippen molar-refractivity contribution in [3.05, 3.63) is 38.5 Å². The van der Waals surface area contributed by atoms with Gasteiger partial charge in [-0.05, 0) is 12.1 Å². The summed E-state index contributed by atoms with van der Waals surface area (Å²) in [4.78, 5) is 17.2. The van der Waals surface area contributed by atoms with Crippen LogP contribution in [0.1, 0.15) is 15.4 Å². The second-order valence-corrected chi connectivity index (χ2v) is 5.92. The molecule has 0 saturated carbocycles. The van der Waals surface area contributed by atoms with Crippen LogP contribution in [0.15, 0.2) is 23.0 Å². The van der Waals surface area contributed by atoms with Crippen LogP contribution >= 0.6 is 22.7 Å². The highest BCUT2D eigenvalue weighted by atomic mass is 32.1. The molecule has 0 radical (unpaired) electrons. The van der Waals surface area contributed by atoms with Crippen LogP contribution in [0.4, 0.5) is 4.79 Å². The van der Waals surface area contributed by atoms with E-state index in [1.54, 1.807) is 22.7 Å². The Morgan fingerprint density at radius 2 is 2.20 bits per heavy atom. The highest BCUT2D eigenvalue weighted by Crippen LogP contribution is 2.20. The van der Waals surface area contributed by atoms with Crippen molar-refractivity contribution < 1.29 is 10.0 Å². The summed E-state index contributed by atoms with van der Waals surface area (Å²) in [6, 6.07) is 3.20. The summed E-state index contributed by atoms with van der Waals surface area (Å²) < 4.78 is 0. The van der Waals surface area contributed by atoms with Crippen LogP contribution in [0.3, 0.4) is 0 Å². The van der Waals surface area contributed by atoms with Crippen LogP contribution in [0.2, 0.25) is 0 Å². The lowest BCUT2D eigenvalue weighted by Gasteiger charge is -2.05. The molecule has 104 valence electrons. The number of thiazole rings is 1. The smallest absolute Gasteiger partial charge is 0.339 e. The first-order chi connectivity index (χ1) is 9.65. The second-order valence-electron chi connectivity index (χ2n) is 3.95. The number of nitrogens with zero attached hydrogens (tertiary/aromatic N) is 2. The number of hydroxylamine groups is 2. The molecular formula is C13H13N3O2S2. The number of thiophene rings is 1. The lowest BCUT2D eigenvalue weighted by atomic mass is 10.3. The highest BCUT2D eigenvalue weighted by Gasteiger charge is 2.03. The zero-order valence-electron chi connectivity index (χ0n) is 10.6. The van der Waals surface area contributed by atoms with E-state index in [0.717, 1.165) is 17.0 Å². The molecule has 0 fully saturated rings. The Kier molecular flexibility index (Phi) is 5.12. The van der Waals surface area contributed by atoms with E-state index in [-0.39, 0.29) is 6.54 Å². The van der Waals surface area contributed by atoms with Gasteiger partial charge >= 0.3 is 6.03 Å². The van der Waals surface area contributed by atoms with Crippen molar-refractivity contribution in [3.8, 4) is 11.8 Å². The fraction of sp³-hybridized carbons (Fsp3) is 0.231. The van der Waals surface area contributed by atoms with E-state index in [0.29, 0.717) is 11.5 Å². The predicted molar refractivity (Wildman–Crippen MR) is 78.8 cm³/mol. The summed E-state index contributed by atoms with van der Waals surface area (Å²) >= 11 is 3.28. The average molecular weight is 307 g/mol. The van der Waals surface area contributed by atoms with Gasteiger partial charge in [-0.3, -0.25) is 5.21 Å². The van der Waals surface area contributed by atoms with Gasteiger partial charge in [-0.2, -0.15) is 5.06 Å². The standard InChI is InChI=1S/C13H13N3O2S2/c14-13(17)16(18)6-2-1-3-11-4-5-12(20-11)7-10-8-19-9-15-10/h4-5,8-9,18H,3,6-7H2,(H2,14,17). The molecule has 0 aromatic carbocycles. The van der Waals surface area contributed by atoms with E-state index in [9.17, 15) is 4.79 Å². The number of amides is 2. The fourth-order valence-electron chi connectivity index (χ4n) is 1.47. The van der Waals surface area contributed by atoms with Crippen molar-refractivity contribution in [2.75, 3.05) is 6.54 Å². The largest absolute Gasteiger partial charge is 0.350 e. The van der Waals surface area contributed by atoms with Crippen LogP contribution in [0, 0.1) is 11.8 Å². The summed E-state index contributed by atoms with van der Waals surface area (Å²) in [6.07, 6.45) is 1.43. The third-order valence-corrected chi connectivity index (χ3v) is 4.15. The molecule has 5 nitrogen and oxygen atoms in total. The number of urea groups is 1. The Morgan fingerprint density at radius 3 is 2.90 bits per heavy atom. The third-order valence-electron chi connectivity index (χ3n) is 2.43. The second kappa shape index (κ2) is 7.05. The van der Waals surface area contributed by atoms with E-state index in [1.807, 2.05) is 17.0 Å². The molecule has 0 unspecified atom stereocenters. The molecule has 2 aromatic rings. The Balaban J connectivity index is 1.84. The molecule has 0 saturated heterocycles. The van der Waals surface area contributed by atoms with Crippen molar-refractivity contribution >= 4 is 28.7 Å². The maximum absolute atomic E-state index is 10.5. The summed E-state index contributed by atoms with van der Waals surface area (Å²) in [5.41, 5.74) is 7.77. The van der Waals surface area contributed by atoms with Gasteiger partial charge in [0.2, 0.25) is 0 Å². The molecule has 7 heteroatoms. The van der Waals surface area contributed by atoms with Gasteiger partial charge in [-0.15, -0.1) is 22.7 Å². The molecular weight excluding hydrogens is 294 g/mol. The molecule has 2 heterocycles. The number of hydrogen-bond acceptors (Lipinski definition) is 5. The van der Waals surface area contributed by atoms with Crippen molar-refractivity contribution in [2.24, 2.45) is 5.73 Å². The number of nitrogens with two attached hydrogens (primary N) is 1. The molecule has 0 aliphatic carbocycles. The summed E-state index contributed by atoms with van der Waals surface area (Å²) in [5.74, 6) is 5.59. The molecule has 0 atom stereocenters. The Morgan fingerprint density at radius 1 is 1.40 bits per heavy atom. The van der Waals surface area contributed by atoms with E-state index in [1.165, 1.54) is 4.88 Å². The zero-order chi connectivity index (χ0) is 14.4. The molecule has 0 bridgehead atoms. The molecule has 0 spiro atoms. The van der Waals surface area contributed by atoms with Gasteiger partial charge < -0.3 is 5.73 Å². The lowest BCUT2D eigenvalue weighted by Crippen LogP contribution is -2.32. The number of carbonyl (C=O) groups excluding carboxylic acids is 1. The van der Waals surface area contributed by atoms with Crippen molar-refractivity contribution in [2.45, 2.75) is 12.8 Å². The minimum absolute atomic E-state index is 0.0770. The summed E-state index contributed by atoms with van der Waals surface area (Å²) in [7, 11) is 0. The van der Waals surface area contributed by atoms with Gasteiger partial charge in [-0.1, -0.05) is 11.8 Å². The first-order valence-electron chi connectivity index (χ1n) is 5.81. The number of aromatic nitrogens is 1. The molecule has 0 aliphatic heterocycles. The van der Waals surface area contributed by atoms with Crippen LogP contribution in [0.25, 0.3) is 0 Å². The van der Waals surface area contributed by atoms with Gasteiger partial charge in [-0.25, -0.2) is 9.78 Å². The van der Waals surface area contributed by atoms with Crippen LogP contribution in [-0.2, 0) is 12.8 Å². The fourth-order valence-corrected chi connectivity index (χ4v) is 3.01. The minimum Gasteiger partial charge on any atom is -0.350 e. The number of primary amides is 1. The topological polar surface area (TPSA) is 79.5 Å². The number of carbonyl (C=O) groups is 1. The first-order valence-corrected chi connectivity index (χ1v) is 7.57. The normalized spacial score (nSPS) is 9.85. The van der Waals surface area contributed by atoms with Crippen LogP contribution in [-0.4, -0.2) is 27.8 Å². The molecule has 2 aromatic heterocycles. The number of hydrogen-bond donors (Lipinski definition) is 2. The molecule has 3 N–H and O–H groups in total. The quantitative estimate of drug-likeness (QED) is 0.516. The molecule has 2 amide bonds. The lowest BCUT2D eigenvalue weighted by molar-refractivity contribution is -0.0269. The van der Waals surface area contributed by atoms with Gasteiger partial charge in [0, 0.05) is 28.0 Å². The summed E-state index contributed by atoms with van der Waals surface area (Å²) in [6.45, 7) is -0.0770. The minimum atomic E-state index is -0.902. The first kappa shape index (κ1) is 14.5. The van der Waals surface area contributed by atoms with Crippen LogP contribution < -0.4 is 5.73 Å². The van der Waals surface area contributed by atoms with Crippen molar-refractivity contribution in [1.82, 2.24) is 10.0 Å². The van der Waals surface area contributed by atoms with Gasteiger partial charge in [0.1, 0.15) is 6.54 Å². The van der Waals surface area contributed by atoms with E-state index < -0.39 is 6.03 Å². The Labute approximate surface area is 124 Å². The van der Waals surface area contributed by atoms with E-state index in [2.05, 4.69) is 22.9 Å². The van der Waals surface area contributed by atoms with Crippen LogP contribution in [0.5, 0.6) is 0 Å². The van der Waals surface area contributed by atoms with Gasteiger partial charge in [0.05, 0.1) is 11.2 Å². The molecule has 20 heavy (non-hydrogen) atoms. The van der Waals surface area contributed by atoms with Gasteiger partial charge in [0.15, 0.2) is 0 Å². The summed E-state index contributed by atoms with van der Waals surface area (Å²) in [5, 5.41) is 11.4. The molecule has 0 aliphatic rings. The SMILES string of the molecule is NC(=O)N(O)CC#CCc1ccc(Cc2cscn2)s1. The third kappa shape index (κ3) is 4.35. The highest BCUT2D eigenvalue weighted by molar-refractivity contribution is 7.12. The van der Waals surface area contributed by atoms with Crippen molar-refractivity contribution in [1.29, 1.82) is 0 Å². The van der Waals surface area contributed by atoms with Crippen molar-refractivity contribution in [3.63, 3.8) is 0 Å². The number of rotatable bonds is 4. The maximum atomic E-state index is 10.5. The predicted octanol–water partition coefficient (Wildman–Crippen LogP) is 2.11. The Hall–Kier alpha value is -1.88. The average Bonchev–Trinajstić information content (AvgIpc) is 3.06. The monoisotopic (exact) mass is 307 g/mol. The van der Waals surface area contributed by atoms with Gasteiger partial charge in [0.25, 0.3) is 0 Å². The maximum Gasteiger partial charge on any atom is 0.339 e. The Bertz CT molecular complexity index is 626.